The van der Waals surface area contributed by atoms with Crippen LogP contribution in [0.5, 0.6) is 0 Å². The predicted molar refractivity (Wildman–Crippen MR) is 104 cm³/mol. The molecule has 2 fully saturated rings. The van der Waals surface area contributed by atoms with Crippen LogP contribution in [0, 0.1) is 22.7 Å². The van der Waals surface area contributed by atoms with Crippen LogP contribution in [0.25, 0.3) is 0 Å². The molecule has 2 N–H and O–H groups in total. The Balaban J connectivity index is 2.18. The topological polar surface area (TPSA) is 83.8 Å². The van der Waals surface area contributed by atoms with E-state index in [0.29, 0.717) is 17.9 Å². The summed E-state index contributed by atoms with van der Waals surface area (Å²) in [5.74, 6) is -0.697. The van der Waals surface area contributed by atoms with E-state index in [0.717, 1.165) is 44.6 Å². The summed E-state index contributed by atoms with van der Waals surface area (Å²) in [6, 6.07) is 0. The average Bonchev–Trinajstić information content (AvgIpc) is 2.58. The molecule has 0 aliphatic heterocycles. The first-order valence-electron chi connectivity index (χ1n) is 9.96. The minimum absolute atomic E-state index is 0.0231. The van der Waals surface area contributed by atoms with Gasteiger partial charge in [0.2, 0.25) is 0 Å². The van der Waals surface area contributed by atoms with Crippen molar-refractivity contribution in [3.8, 4) is 0 Å². The summed E-state index contributed by atoms with van der Waals surface area (Å²) in [5, 5.41) is 19.2. The van der Waals surface area contributed by atoms with E-state index in [9.17, 15) is 14.7 Å². The number of carboxylic acids is 1. The van der Waals surface area contributed by atoms with E-state index < -0.39 is 11.9 Å². The third-order valence-corrected chi connectivity index (χ3v) is 7.05. The van der Waals surface area contributed by atoms with E-state index in [1.54, 1.807) is 0 Å². The van der Waals surface area contributed by atoms with Crippen LogP contribution in [-0.4, -0.2) is 35.4 Å². The molecule has 2 saturated carbocycles. The van der Waals surface area contributed by atoms with Gasteiger partial charge in [-0.2, -0.15) is 0 Å². The summed E-state index contributed by atoms with van der Waals surface area (Å²) in [4.78, 5) is 22.2. The Kier molecular flexibility index (Phi) is 6.90. The molecular formula is C22H34O5. The molecule has 2 aliphatic carbocycles. The molecule has 2 aliphatic rings. The Bertz CT molecular complexity index is 622. The Morgan fingerprint density at radius 3 is 2.63 bits per heavy atom. The van der Waals surface area contributed by atoms with E-state index in [1.165, 1.54) is 12.5 Å². The number of aliphatic carboxylic acids is 1. The monoisotopic (exact) mass is 378 g/mol. The highest BCUT2D eigenvalue weighted by atomic mass is 16.5. The lowest BCUT2D eigenvalue weighted by Gasteiger charge is -2.58. The molecule has 0 saturated heterocycles. The Labute approximate surface area is 162 Å². The van der Waals surface area contributed by atoms with E-state index >= 15 is 0 Å². The van der Waals surface area contributed by atoms with Crippen molar-refractivity contribution in [2.45, 2.75) is 65.7 Å². The second-order valence-corrected chi connectivity index (χ2v) is 8.93. The van der Waals surface area contributed by atoms with Crippen LogP contribution < -0.4 is 0 Å². The minimum atomic E-state index is -1.02. The summed E-state index contributed by atoms with van der Waals surface area (Å²) < 4.78 is 5.03. The number of hydrogen-bond acceptors (Lipinski definition) is 4. The largest absolute Gasteiger partial charge is 0.478 e. The number of rotatable bonds is 7. The molecule has 152 valence electrons. The van der Waals surface area contributed by atoms with E-state index in [-0.39, 0.29) is 30.0 Å². The van der Waals surface area contributed by atoms with Gasteiger partial charge in [-0.15, -0.1) is 0 Å². The predicted octanol–water partition coefficient (Wildman–Crippen LogP) is 4.11. The number of carboxylic acid groups (broad SMARTS) is 1. The summed E-state index contributed by atoms with van der Waals surface area (Å²) >= 11 is 0. The average molecular weight is 379 g/mol. The molecule has 0 spiro atoms. The maximum Gasteiger partial charge on any atom is 0.328 e. The highest BCUT2D eigenvalue weighted by molar-refractivity contribution is 5.80. The van der Waals surface area contributed by atoms with E-state index in [1.807, 2.05) is 0 Å². The summed E-state index contributed by atoms with van der Waals surface area (Å²) in [5.41, 5.74) is 1.87. The van der Waals surface area contributed by atoms with Crippen molar-refractivity contribution in [3.05, 3.63) is 23.8 Å². The summed E-state index contributed by atoms with van der Waals surface area (Å²) in [7, 11) is 0. The van der Waals surface area contributed by atoms with Gasteiger partial charge in [-0.05, 0) is 66.8 Å². The highest BCUT2D eigenvalue weighted by Gasteiger charge is 2.54. The molecule has 0 radical (unpaired) electrons. The molecule has 0 heterocycles. The second-order valence-electron chi connectivity index (χ2n) is 8.93. The summed E-state index contributed by atoms with van der Waals surface area (Å²) in [6.45, 7) is 10.4. The molecule has 5 nitrogen and oxygen atoms in total. The zero-order valence-electron chi connectivity index (χ0n) is 16.9. The van der Waals surface area contributed by atoms with Gasteiger partial charge >= 0.3 is 11.9 Å². The molecule has 0 aromatic rings. The van der Waals surface area contributed by atoms with Crippen LogP contribution >= 0.6 is 0 Å². The van der Waals surface area contributed by atoms with Crippen LogP contribution in [0.1, 0.15) is 65.7 Å². The van der Waals surface area contributed by atoms with Crippen LogP contribution in [0.4, 0.5) is 0 Å². The van der Waals surface area contributed by atoms with Gasteiger partial charge in [-0.3, -0.25) is 4.79 Å². The molecule has 0 aromatic heterocycles. The standard InChI is InChI=1S/C22H34O5/c1-15-6-9-19-21(3,14-23)10-5-11-22(19,4)18(15)8-7-17(12-20(25)26)13-27-16(2)24/h12,18-19,23H,1,5-11,13-14H2,2-4H3,(H,25,26). The van der Waals surface area contributed by atoms with Crippen molar-refractivity contribution in [3.63, 3.8) is 0 Å². The molecule has 0 amide bonds. The number of aliphatic hydroxyl groups excluding tert-OH is 1. The zero-order valence-corrected chi connectivity index (χ0v) is 16.9. The van der Waals surface area contributed by atoms with Crippen LogP contribution in [0.2, 0.25) is 0 Å². The number of aliphatic hydroxyl groups is 1. The number of esters is 1. The SMILES string of the molecule is C=C1CCC2C(C)(CO)CCCC2(C)C1CCC(=CC(=O)O)COC(C)=O. The molecule has 4 unspecified atom stereocenters. The van der Waals surface area contributed by atoms with Crippen molar-refractivity contribution < 1.29 is 24.5 Å². The Morgan fingerprint density at radius 1 is 1.33 bits per heavy atom. The van der Waals surface area contributed by atoms with Crippen LogP contribution in [-0.2, 0) is 14.3 Å². The van der Waals surface area contributed by atoms with Gasteiger partial charge < -0.3 is 14.9 Å². The smallest absolute Gasteiger partial charge is 0.328 e. The molecule has 27 heavy (non-hydrogen) atoms. The number of fused-ring (bicyclic) bond motifs is 1. The number of carbonyl (C=O) groups excluding carboxylic acids is 1. The first kappa shape index (κ1) is 21.7. The molecule has 0 aromatic carbocycles. The lowest BCUT2D eigenvalue weighted by atomic mass is 9.47. The van der Waals surface area contributed by atoms with E-state index in [4.69, 9.17) is 9.84 Å². The number of carbonyl (C=O) groups is 2. The van der Waals surface area contributed by atoms with Gasteiger partial charge in [0.15, 0.2) is 0 Å². The number of allylic oxidation sites excluding steroid dienone is 1. The number of ether oxygens (including phenoxy) is 1. The zero-order chi connectivity index (χ0) is 20.2. The first-order valence-corrected chi connectivity index (χ1v) is 9.96. The molecule has 2 rings (SSSR count). The van der Waals surface area contributed by atoms with Crippen molar-refractivity contribution in [2.75, 3.05) is 13.2 Å². The fourth-order valence-electron chi connectivity index (χ4n) is 5.69. The lowest BCUT2D eigenvalue weighted by Crippen LogP contribution is -2.51. The molecular weight excluding hydrogens is 344 g/mol. The van der Waals surface area contributed by atoms with Gasteiger partial charge in [0.05, 0.1) is 0 Å². The fraction of sp³-hybridized carbons (Fsp3) is 0.727. The first-order chi connectivity index (χ1) is 12.6. The number of hydrogen-bond donors (Lipinski definition) is 2. The normalized spacial score (nSPS) is 34.1. The van der Waals surface area contributed by atoms with Crippen molar-refractivity contribution in [1.82, 2.24) is 0 Å². The lowest BCUT2D eigenvalue weighted by molar-refractivity contribution is -0.140. The molecule has 5 heteroatoms. The van der Waals surface area contributed by atoms with Gasteiger partial charge in [0.1, 0.15) is 6.61 Å². The maximum absolute atomic E-state index is 11.1. The Hall–Kier alpha value is -1.62. The molecule has 0 bridgehead atoms. The quantitative estimate of drug-likeness (QED) is 0.396. The maximum atomic E-state index is 11.1. The summed E-state index contributed by atoms with van der Waals surface area (Å²) in [6.07, 6.45) is 7.82. The van der Waals surface area contributed by atoms with Crippen molar-refractivity contribution in [1.29, 1.82) is 0 Å². The third kappa shape index (κ3) is 4.81. The van der Waals surface area contributed by atoms with Gasteiger partial charge in [0.25, 0.3) is 0 Å². The van der Waals surface area contributed by atoms with Gasteiger partial charge in [0, 0.05) is 19.6 Å². The van der Waals surface area contributed by atoms with Crippen molar-refractivity contribution >= 4 is 11.9 Å². The fourth-order valence-corrected chi connectivity index (χ4v) is 5.69. The van der Waals surface area contributed by atoms with Gasteiger partial charge in [-0.1, -0.05) is 32.4 Å². The Morgan fingerprint density at radius 2 is 2.04 bits per heavy atom. The minimum Gasteiger partial charge on any atom is -0.478 e. The van der Waals surface area contributed by atoms with E-state index in [2.05, 4.69) is 20.4 Å². The third-order valence-electron chi connectivity index (χ3n) is 7.05. The van der Waals surface area contributed by atoms with Crippen LogP contribution in [0.15, 0.2) is 23.8 Å². The second kappa shape index (κ2) is 8.59. The van der Waals surface area contributed by atoms with Gasteiger partial charge in [-0.25, -0.2) is 4.79 Å². The molecule has 4 atom stereocenters. The van der Waals surface area contributed by atoms with Crippen LogP contribution in [0.3, 0.4) is 0 Å². The highest BCUT2D eigenvalue weighted by Crippen LogP contribution is 2.61. The van der Waals surface area contributed by atoms with Crippen molar-refractivity contribution in [2.24, 2.45) is 22.7 Å².